The van der Waals surface area contributed by atoms with E-state index in [1.165, 1.54) is 0 Å². The maximum atomic E-state index is 12.3. The van der Waals surface area contributed by atoms with E-state index < -0.39 is 12.6 Å². The number of hydrogen-bond donors (Lipinski definition) is 1. The van der Waals surface area contributed by atoms with Gasteiger partial charge in [0.15, 0.2) is 0 Å². The predicted octanol–water partition coefficient (Wildman–Crippen LogP) is 3.20. The summed E-state index contributed by atoms with van der Waals surface area (Å²) in [6.07, 6.45) is -1.91. The van der Waals surface area contributed by atoms with Crippen molar-refractivity contribution >= 4 is 0 Å². The van der Waals surface area contributed by atoms with Crippen LogP contribution in [0.3, 0.4) is 0 Å². The van der Waals surface area contributed by atoms with E-state index in [9.17, 15) is 13.2 Å². The van der Waals surface area contributed by atoms with Gasteiger partial charge in [-0.1, -0.05) is 13.8 Å². The fourth-order valence-corrected chi connectivity index (χ4v) is 3.65. The molecular formula is C16H29F3N2O. The number of piperidine rings is 1. The molecule has 1 saturated heterocycles. The van der Waals surface area contributed by atoms with E-state index in [0.717, 1.165) is 32.4 Å². The SMILES string of the molecule is COC1(C)CC(NC2CCN(CCC(F)(F)F)CC2)C1(C)C. The first kappa shape index (κ1) is 18.0. The Labute approximate surface area is 131 Å². The lowest BCUT2D eigenvalue weighted by Crippen LogP contribution is -2.69. The van der Waals surface area contributed by atoms with Crippen molar-refractivity contribution in [3.8, 4) is 0 Å². The minimum atomic E-state index is -4.05. The van der Waals surface area contributed by atoms with Gasteiger partial charge in [-0.15, -0.1) is 0 Å². The van der Waals surface area contributed by atoms with Crippen molar-refractivity contribution in [2.45, 2.75) is 70.3 Å². The van der Waals surface area contributed by atoms with E-state index in [0.29, 0.717) is 12.1 Å². The molecule has 22 heavy (non-hydrogen) atoms. The molecule has 6 heteroatoms. The van der Waals surface area contributed by atoms with Crippen LogP contribution >= 0.6 is 0 Å². The molecule has 1 aliphatic heterocycles. The number of nitrogens with one attached hydrogen (secondary N) is 1. The summed E-state index contributed by atoms with van der Waals surface area (Å²) >= 11 is 0. The fraction of sp³-hybridized carbons (Fsp3) is 1.00. The van der Waals surface area contributed by atoms with Crippen molar-refractivity contribution in [3.05, 3.63) is 0 Å². The highest BCUT2D eigenvalue weighted by Crippen LogP contribution is 2.51. The van der Waals surface area contributed by atoms with Gasteiger partial charge in [0.1, 0.15) is 0 Å². The highest BCUT2D eigenvalue weighted by atomic mass is 19.4. The molecule has 0 aromatic heterocycles. The Morgan fingerprint density at radius 3 is 2.23 bits per heavy atom. The first-order chi connectivity index (χ1) is 10.1. The Morgan fingerprint density at radius 2 is 1.77 bits per heavy atom. The van der Waals surface area contributed by atoms with Crippen molar-refractivity contribution in [3.63, 3.8) is 0 Å². The summed E-state index contributed by atoms with van der Waals surface area (Å²) in [5, 5.41) is 3.70. The largest absolute Gasteiger partial charge is 0.390 e. The topological polar surface area (TPSA) is 24.5 Å². The van der Waals surface area contributed by atoms with Crippen LogP contribution in [0, 0.1) is 5.41 Å². The molecule has 2 aliphatic rings. The van der Waals surface area contributed by atoms with Gasteiger partial charge in [-0.3, -0.25) is 0 Å². The summed E-state index contributed by atoms with van der Waals surface area (Å²) in [7, 11) is 1.76. The molecule has 1 N–H and O–H groups in total. The molecule has 0 aromatic rings. The molecule has 0 aromatic carbocycles. The van der Waals surface area contributed by atoms with Crippen LogP contribution in [0.2, 0.25) is 0 Å². The van der Waals surface area contributed by atoms with E-state index in [4.69, 9.17) is 4.74 Å². The number of methoxy groups -OCH3 is 1. The Kier molecular flexibility index (Phi) is 5.15. The minimum Gasteiger partial charge on any atom is -0.378 e. The van der Waals surface area contributed by atoms with Crippen molar-refractivity contribution in [1.82, 2.24) is 10.2 Å². The van der Waals surface area contributed by atoms with Crippen LogP contribution in [0.5, 0.6) is 0 Å². The minimum absolute atomic E-state index is 0.0785. The highest BCUT2D eigenvalue weighted by Gasteiger charge is 2.57. The maximum absolute atomic E-state index is 12.3. The summed E-state index contributed by atoms with van der Waals surface area (Å²) in [6.45, 7) is 8.22. The molecule has 1 aliphatic carbocycles. The fourth-order valence-electron chi connectivity index (χ4n) is 3.65. The third kappa shape index (κ3) is 3.77. The van der Waals surface area contributed by atoms with Gasteiger partial charge in [0.05, 0.1) is 12.0 Å². The van der Waals surface area contributed by atoms with Gasteiger partial charge in [0, 0.05) is 31.2 Å². The van der Waals surface area contributed by atoms with Crippen LogP contribution in [0.15, 0.2) is 0 Å². The number of rotatable bonds is 5. The monoisotopic (exact) mass is 322 g/mol. The number of hydrogen-bond acceptors (Lipinski definition) is 3. The van der Waals surface area contributed by atoms with Crippen LogP contribution in [-0.4, -0.2) is 55.5 Å². The van der Waals surface area contributed by atoms with Gasteiger partial charge in [-0.2, -0.15) is 13.2 Å². The lowest BCUT2D eigenvalue weighted by Gasteiger charge is -2.60. The summed E-state index contributed by atoms with van der Waals surface area (Å²) < 4.78 is 42.4. The Balaban J connectivity index is 1.73. The number of ether oxygens (including phenoxy) is 1. The van der Waals surface area contributed by atoms with Crippen LogP contribution < -0.4 is 5.32 Å². The summed E-state index contributed by atoms with van der Waals surface area (Å²) in [4.78, 5) is 1.93. The number of likely N-dealkylation sites (tertiary alicyclic amines) is 1. The van der Waals surface area contributed by atoms with E-state index >= 15 is 0 Å². The first-order valence-electron chi connectivity index (χ1n) is 8.18. The van der Waals surface area contributed by atoms with Gasteiger partial charge < -0.3 is 15.0 Å². The summed E-state index contributed by atoms with van der Waals surface area (Å²) in [5.74, 6) is 0. The highest BCUT2D eigenvalue weighted by molar-refractivity contribution is 5.12. The van der Waals surface area contributed by atoms with Crippen LogP contribution in [-0.2, 0) is 4.74 Å². The lowest BCUT2D eigenvalue weighted by atomic mass is 9.55. The van der Waals surface area contributed by atoms with E-state index in [-0.39, 0.29) is 17.6 Å². The normalized spacial score (nSPS) is 33.7. The molecule has 2 rings (SSSR count). The van der Waals surface area contributed by atoms with E-state index in [1.807, 2.05) is 4.90 Å². The second-order valence-corrected chi connectivity index (χ2v) is 7.56. The van der Waals surface area contributed by atoms with Crippen LogP contribution in [0.1, 0.15) is 46.5 Å². The summed E-state index contributed by atoms with van der Waals surface area (Å²) in [6, 6.07) is 0.831. The number of nitrogens with zero attached hydrogens (tertiary/aromatic N) is 1. The van der Waals surface area contributed by atoms with Crippen molar-refractivity contribution < 1.29 is 17.9 Å². The van der Waals surface area contributed by atoms with Crippen molar-refractivity contribution in [1.29, 1.82) is 0 Å². The first-order valence-corrected chi connectivity index (χ1v) is 8.18. The van der Waals surface area contributed by atoms with E-state index in [2.05, 4.69) is 26.1 Å². The predicted molar refractivity (Wildman–Crippen MR) is 80.9 cm³/mol. The van der Waals surface area contributed by atoms with Gasteiger partial charge in [-0.25, -0.2) is 0 Å². The molecule has 1 saturated carbocycles. The molecule has 2 fully saturated rings. The average molecular weight is 322 g/mol. The molecule has 0 amide bonds. The van der Waals surface area contributed by atoms with Crippen molar-refractivity contribution in [2.75, 3.05) is 26.7 Å². The molecule has 130 valence electrons. The molecule has 0 spiro atoms. The smallest absolute Gasteiger partial charge is 0.378 e. The van der Waals surface area contributed by atoms with Gasteiger partial charge in [0.25, 0.3) is 0 Å². The molecule has 0 bridgehead atoms. The third-order valence-electron chi connectivity index (χ3n) is 6.01. The molecule has 0 radical (unpaired) electrons. The molecule has 1 heterocycles. The molecule has 2 unspecified atom stereocenters. The number of alkyl halides is 3. The quantitative estimate of drug-likeness (QED) is 0.841. The zero-order valence-corrected chi connectivity index (χ0v) is 14.1. The van der Waals surface area contributed by atoms with Gasteiger partial charge in [-0.05, 0) is 39.3 Å². The zero-order valence-electron chi connectivity index (χ0n) is 14.1. The molecule has 2 atom stereocenters. The zero-order chi connectivity index (χ0) is 16.6. The Hall–Kier alpha value is -0.330. The molecular weight excluding hydrogens is 293 g/mol. The number of halogens is 3. The summed E-state index contributed by atoms with van der Waals surface area (Å²) in [5.41, 5.74) is -0.00670. The van der Waals surface area contributed by atoms with Gasteiger partial charge in [0.2, 0.25) is 0 Å². The standard InChI is InChI=1S/C16H29F3N2O/c1-14(2)13(11-15(14,3)22-4)20-12-5-8-21(9-6-12)10-7-16(17,18)19/h12-13,20H,5-11H2,1-4H3. The third-order valence-corrected chi connectivity index (χ3v) is 6.01. The van der Waals surface area contributed by atoms with Crippen LogP contribution in [0.4, 0.5) is 13.2 Å². The Bertz CT molecular complexity index is 378. The molecule has 3 nitrogen and oxygen atoms in total. The van der Waals surface area contributed by atoms with Crippen LogP contribution in [0.25, 0.3) is 0 Å². The van der Waals surface area contributed by atoms with Crippen molar-refractivity contribution in [2.24, 2.45) is 5.41 Å². The lowest BCUT2D eigenvalue weighted by molar-refractivity contribution is -0.183. The second kappa shape index (κ2) is 6.29. The van der Waals surface area contributed by atoms with Gasteiger partial charge >= 0.3 is 6.18 Å². The average Bonchev–Trinajstić information content (AvgIpc) is 2.45. The Morgan fingerprint density at radius 1 is 1.18 bits per heavy atom. The van der Waals surface area contributed by atoms with E-state index in [1.54, 1.807) is 7.11 Å². The maximum Gasteiger partial charge on any atom is 0.390 e. The second-order valence-electron chi connectivity index (χ2n) is 7.56.